The second-order valence-electron chi connectivity index (χ2n) is 3.88. The lowest BCUT2D eigenvalue weighted by atomic mass is 9.98. The number of hydrogen-bond donors (Lipinski definition) is 2. The van der Waals surface area contributed by atoms with Crippen molar-refractivity contribution in [2.24, 2.45) is 0 Å². The fraction of sp³-hybridized carbons (Fsp3) is 0.273. The van der Waals surface area contributed by atoms with Crippen LogP contribution < -0.4 is 5.32 Å². The van der Waals surface area contributed by atoms with E-state index in [2.05, 4.69) is 21.4 Å². The largest absolute Gasteiger partial charge is 0.355 e. The minimum atomic E-state index is 0.143. The minimum absolute atomic E-state index is 0.143. The zero-order valence-corrected chi connectivity index (χ0v) is 8.16. The first kappa shape index (κ1) is 8.47. The molecule has 1 saturated heterocycles. The van der Waals surface area contributed by atoms with E-state index in [-0.39, 0.29) is 5.91 Å². The van der Waals surface area contributed by atoms with E-state index in [1.165, 1.54) is 5.56 Å². The number of nitrogens with zero attached hydrogens (tertiary/aromatic N) is 1. The lowest BCUT2D eigenvalue weighted by molar-refractivity contribution is -0.119. The Morgan fingerprint density at radius 3 is 3.13 bits per heavy atom. The molecule has 76 valence electrons. The molecule has 4 nitrogen and oxygen atoms in total. The molecule has 1 aliphatic heterocycles. The summed E-state index contributed by atoms with van der Waals surface area (Å²) in [4.78, 5) is 18.4. The lowest BCUT2D eigenvalue weighted by Crippen LogP contribution is -2.13. The van der Waals surface area contributed by atoms with E-state index in [1.54, 1.807) is 6.33 Å². The number of carbonyl (C=O) groups excluding carboxylic acids is 1. The van der Waals surface area contributed by atoms with Crippen molar-refractivity contribution in [3.05, 3.63) is 30.1 Å². The van der Waals surface area contributed by atoms with Crippen LogP contribution in [0.2, 0.25) is 0 Å². The number of rotatable bonds is 1. The van der Waals surface area contributed by atoms with Gasteiger partial charge in [-0.15, -0.1) is 0 Å². The molecule has 1 aromatic carbocycles. The summed E-state index contributed by atoms with van der Waals surface area (Å²) in [7, 11) is 0. The molecule has 1 aliphatic rings. The summed E-state index contributed by atoms with van der Waals surface area (Å²) >= 11 is 0. The zero-order chi connectivity index (χ0) is 10.3. The number of aromatic nitrogens is 2. The van der Waals surface area contributed by atoms with Crippen molar-refractivity contribution in [2.75, 3.05) is 6.54 Å². The summed E-state index contributed by atoms with van der Waals surface area (Å²) in [6, 6.07) is 6.12. The van der Waals surface area contributed by atoms with Gasteiger partial charge in [-0.05, 0) is 17.7 Å². The number of H-pyrrole nitrogens is 1. The number of aromatic amines is 1. The number of nitrogens with one attached hydrogen (secondary N) is 2. The van der Waals surface area contributed by atoms with Gasteiger partial charge in [0.2, 0.25) is 5.91 Å². The van der Waals surface area contributed by atoms with Crippen LogP contribution in [0.3, 0.4) is 0 Å². The Hall–Kier alpha value is -1.84. The van der Waals surface area contributed by atoms with E-state index < -0.39 is 0 Å². The fourth-order valence-electron chi connectivity index (χ4n) is 2.05. The van der Waals surface area contributed by atoms with E-state index >= 15 is 0 Å². The number of imidazole rings is 1. The third-order valence-electron chi connectivity index (χ3n) is 2.89. The average molecular weight is 201 g/mol. The molecule has 1 unspecified atom stereocenters. The van der Waals surface area contributed by atoms with E-state index in [4.69, 9.17) is 0 Å². The van der Waals surface area contributed by atoms with Crippen LogP contribution in [0, 0.1) is 0 Å². The van der Waals surface area contributed by atoms with Crippen molar-refractivity contribution in [3.8, 4) is 0 Å². The highest BCUT2D eigenvalue weighted by Gasteiger charge is 2.22. The molecule has 1 amide bonds. The normalized spacial score (nSPS) is 20.8. The monoisotopic (exact) mass is 201 g/mol. The van der Waals surface area contributed by atoms with Gasteiger partial charge in [-0.3, -0.25) is 4.79 Å². The summed E-state index contributed by atoms with van der Waals surface area (Å²) in [5.74, 6) is 0.454. The molecule has 0 aliphatic carbocycles. The Labute approximate surface area is 86.7 Å². The molecule has 0 spiro atoms. The molecule has 3 rings (SSSR count). The topological polar surface area (TPSA) is 57.8 Å². The minimum Gasteiger partial charge on any atom is -0.355 e. The van der Waals surface area contributed by atoms with Gasteiger partial charge in [-0.2, -0.15) is 0 Å². The second-order valence-corrected chi connectivity index (χ2v) is 3.88. The quantitative estimate of drug-likeness (QED) is 0.727. The van der Waals surface area contributed by atoms with Gasteiger partial charge in [0.05, 0.1) is 17.4 Å². The highest BCUT2D eigenvalue weighted by Crippen LogP contribution is 2.25. The number of benzene rings is 1. The molecule has 2 N–H and O–H groups in total. The van der Waals surface area contributed by atoms with Gasteiger partial charge in [0.25, 0.3) is 0 Å². The van der Waals surface area contributed by atoms with Crippen molar-refractivity contribution in [1.29, 1.82) is 0 Å². The Balaban J connectivity index is 2.00. The van der Waals surface area contributed by atoms with Crippen LogP contribution >= 0.6 is 0 Å². The maximum Gasteiger partial charge on any atom is 0.220 e. The predicted octanol–water partition coefficient (Wildman–Crippen LogP) is 1.17. The van der Waals surface area contributed by atoms with E-state index in [9.17, 15) is 4.79 Å². The van der Waals surface area contributed by atoms with Crippen molar-refractivity contribution in [1.82, 2.24) is 15.3 Å². The van der Waals surface area contributed by atoms with E-state index in [1.807, 2.05) is 12.1 Å². The van der Waals surface area contributed by atoms with Crippen LogP contribution in [0.1, 0.15) is 17.9 Å². The average Bonchev–Trinajstić information content (AvgIpc) is 2.84. The fourth-order valence-corrected chi connectivity index (χ4v) is 2.05. The van der Waals surface area contributed by atoms with Crippen LogP contribution in [0.25, 0.3) is 11.0 Å². The number of fused-ring (bicyclic) bond motifs is 1. The third kappa shape index (κ3) is 1.38. The molecule has 15 heavy (non-hydrogen) atoms. The first-order valence-corrected chi connectivity index (χ1v) is 5.02. The maximum absolute atomic E-state index is 11.1. The summed E-state index contributed by atoms with van der Waals surface area (Å²) in [6.45, 7) is 0.748. The molecule has 1 aromatic heterocycles. The van der Waals surface area contributed by atoms with Gasteiger partial charge < -0.3 is 10.3 Å². The van der Waals surface area contributed by atoms with Crippen LogP contribution in [-0.2, 0) is 4.79 Å². The smallest absolute Gasteiger partial charge is 0.220 e. The van der Waals surface area contributed by atoms with Gasteiger partial charge in [0.1, 0.15) is 0 Å². The summed E-state index contributed by atoms with van der Waals surface area (Å²) in [5.41, 5.74) is 3.20. The zero-order valence-electron chi connectivity index (χ0n) is 8.16. The first-order chi connectivity index (χ1) is 7.33. The van der Waals surface area contributed by atoms with Crippen molar-refractivity contribution in [3.63, 3.8) is 0 Å². The highest BCUT2D eigenvalue weighted by molar-refractivity contribution is 5.80. The van der Waals surface area contributed by atoms with Crippen LogP contribution in [0.4, 0.5) is 0 Å². The molecule has 2 aromatic rings. The highest BCUT2D eigenvalue weighted by atomic mass is 16.1. The molecule has 0 bridgehead atoms. The van der Waals surface area contributed by atoms with Crippen LogP contribution in [0.15, 0.2) is 24.5 Å². The van der Waals surface area contributed by atoms with Crippen molar-refractivity contribution < 1.29 is 4.79 Å². The standard InChI is InChI=1S/C11H11N3O/c15-11-4-8(5-12-11)7-1-2-9-10(3-7)14-6-13-9/h1-3,6,8H,4-5H2,(H,12,15)(H,13,14). The molecular weight excluding hydrogens is 190 g/mol. The van der Waals surface area contributed by atoms with E-state index in [0.717, 1.165) is 17.6 Å². The lowest BCUT2D eigenvalue weighted by Gasteiger charge is -2.06. The second kappa shape index (κ2) is 3.08. The first-order valence-electron chi connectivity index (χ1n) is 5.02. The maximum atomic E-state index is 11.1. The van der Waals surface area contributed by atoms with Gasteiger partial charge in [0, 0.05) is 18.9 Å². The molecule has 2 heterocycles. The summed E-state index contributed by atoms with van der Waals surface area (Å²) < 4.78 is 0. The molecule has 1 fully saturated rings. The van der Waals surface area contributed by atoms with Gasteiger partial charge in [-0.1, -0.05) is 6.07 Å². The summed E-state index contributed by atoms with van der Waals surface area (Å²) in [5, 5.41) is 2.85. The van der Waals surface area contributed by atoms with Crippen LogP contribution in [-0.4, -0.2) is 22.4 Å². The Morgan fingerprint density at radius 1 is 1.40 bits per heavy atom. The molecular formula is C11H11N3O. The Morgan fingerprint density at radius 2 is 2.33 bits per heavy atom. The van der Waals surface area contributed by atoms with E-state index in [0.29, 0.717) is 12.3 Å². The van der Waals surface area contributed by atoms with Gasteiger partial charge in [0.15, 0.2) is 0 Å². The summed E-state index contributed by atoms with van der Waals surface area (Å²) in [6.07, 6.45) is 2.28. The molecule has 0 radical (unpaired) electrons. The van der Waals surface area contributed by atoms with Crippen LogP contribution in [0.5, 0.6) is 0 Å². The van der Waals surface area contributed by atoms with Gasteiger partial charge in [-0.25, -0.2) is 4.98 Å². The number of hydrogen-bond acceptors (Lipinski definition) is 2. The number of carbonyl (C=O) groups is 1. The Bertz CT molecular complexity index is 517. The molecule has 4 heteroatoms. The van der Waals surface area contributed by atoms with Crippen molar-refractivity contribution in [2.45, 2.75) is 12.3 Å². The van der Waals surface area contributed by atoms with Crippen molar-refractivity contribution >= 4 is 16.9 Å². The predicted molar refractivity (Wildman–Crippen MR) is 56.5 cm³/mol. The Kier molecular flexibility index (Phi) is 1.74. The molecule has 1 atom stereocenters. The van der Waals surface area contributed by atoms with Gasteiger partial charge >= 0.3 is 0 Å². The SMILES string of the molecule is O=C1CC(c2ccc3nc[nH]c3c2)CN1. The third-order valence-corrected chi connectivity index (χ3v) is 2.89. The molecule has 0 saturated carbocycles. The number of amides is 1.